The average molecular weight is 593 g/mol. The van der Waals surface area contributed by atoms with Gasteiger partial charge in [0.05, 0.1) is 42.5 Å². The van der Waals surface area contributed by atoms with Crippen LogP contribution in [-0.2, 0) is 9.53 Å². The van der Waals surface area contributed by atoms with Crippen molar-refractivity contribution in [2.24, 2.45) is 0 Å². The molecule has 3 heterocycles. The number of halogens is 1. The molecule has 2 unspecified atom stereocenters. The third-order valence-corrected chi connectivity index (χ3v) is 10.5. The highest BCUT2D eigenvalue weighted by molar-refractivity contribution is 5.96. The molecule has 0 saturated carbocycles. The number of unbranched alkanes of at least 4 members (excludes halogenated alkanes) is 6. The predicted octanol–water partition coefficient (Wildman–Crippen LogP) is 7.46. The lowest BCUT2D eigenvalue weighted by Crippen LogP contribution is -2.64. The first-order chi connectivity index (χ1) is 20.8. The average Bonchev–Trinajstić information content (AvgIpc) is 3.26. The number of rotatable bonds is 15. The molecule has 2 aromatic carbocycles. The minimum absolute atomic E-state index is 0.0342. The van der Waals surface area contributed by atoms with E-state index in [-0.39, 0.29) is 23.1 Å². The van der Waals surface area contributed by atoms with Crippen LogP contribution in [0.5, 0.6) is 0 Å². The van der Waals surface area contributed by atoms with Crippen molar-refractivity contribution in [3.05, 3.63) is 59.4 Å². The number of anilines is 2. The van der Waals surface area contributed by atoms with Crippen LogP contribution in [0.1, 0.15) is 106 Å². The van der Waals surface area contributed by atoms with Crippen LogP contribution in [0.2, 0.25) is 0 Å². The van der Waals surface area contributed by atoms with Gasteiger partial charge in [-0.3, -0.25) is 14.1 Å². The number of Topliss-reactive ketones (excluding diaryl/α,β-unsaturated/α-hetero) is 1. The van der Waals surface area contributed by atoms with E-state index in [0.29, 0.717) is 42.0 Å². The maximum Gasteiger partial charge on any atom is 0.310 e. The Bertz CT molecular complexity index is 1270. The van der Waals surface area contributed by atoms with Crippen LogP contribution in [0.15, 0.2) is 42.5 Å². The highest BCUT2D eigenvalue weighted by Crippen LogP contribution is 2.56. The van der Waals surface area contributed by atoms with Crippen molar-refractivity contribution >= 4 is 23.1 Å². The van der Waals surface area contributed by atoms with Crippen LogP contribution < -0.4 is 9.80 Å². The molecule has 43 heavy (non-hydrogen) atoms. The zero-order valence-corrected chi connectivity index (χ0v) is 26.6. The van der Waals surface area contributed by atoms with Gasteiger partial charge in [-0.15, -0.1) is 0 Å². The third-order valence-electron chi connectivity index (χ3n) is 10.5. The van der Waals surface area contributed by atoms with E-state index in [0.717, 1.165) is 52.0 Å². The molecule has 5 rings (SSSR count). The summed E-state index contributed by atoms with van der Waals surface area (Å²) >= 11 is 0. The zero-order valence-electron chi connectivity index (χ0n) is 26.6. The number of hydrogen-bond acceptors (Lipinski definition) is 5. The Hall–Kier alpha value is -2.93. The molecule has 3 aliphatic rings. The molecule has 1 saturated heterocycles. The lowest BCUT2D eigenvalue weighted by atomic mass is 9.77. The monoisotopic (exact) mass is 592 g/mol. The number of quaternary nitrogens is 1. The van der Waals surface area contributed by atoms with Crippen molar-refractivity contribution in [1.29, 1.82) is 0 Å². The Kier molecular flexibility index (Phi) is 10.1. The molecule has 234 valence electrons. The van der Waals surface area contributed by atoms with Crippen LogP contribution in [-0.4, -0.2) is 68.3 Å². The summed E-state index contributed by atoms with van der Waals surface area (Å²) in [5.74, 6) is -0.0683. The summed E-state index contributed by atoms with van der Waals surface area (Å²) in [5, 5.41) is 0. The number of carbonyl (C=O) groups is 2. The molecule has 0 radical (unpaired) electrons. The maximum absolute atomic E-state index is 13.4. The fourth-order valence-electron chi connectivity index (χ4n) is 7.74. The summed E-state index contributed by atoms with van der Waals surface area (Å²) in [6.07, 6.45) is 10.8. The van der Waals surface area contributed by atoms with Gasteiger partial charge in [0.1, 0.15) is 5.82 Å². The molecule has 0 aliphatic carbocycles. The van der Waals surface area contributed by atoms with E-state index < -0.39 is 0 Å². The molecule has 0 amide bonds. The van der Waals surface area contributed by atoms with E-state index in [1.165, 1.54) is 61.2 Å². The first-order valence-electron chi connectivity index (χ1n) is 16.7. The fourth-order valence-corrected chi connectivity index (χ4v) is 7.74. The van der Waals surface area contributed by atoms with Gasteiger partial charge in [0.15, 0.2) is 5.78 Å². The molecule has 2 aromatic rings. The van der Waals surface area contributed by atoms with Gasteiger partial charge in [-0.25, -0.2) is 4.39 Å². The molecular weight excluding hydrogens is 541 g/mol. The number of carbonyl (C=O) groups excluding carboxylic acids is 2. The summed E-state index contributed by atoms with van der Waals surface area (Å²) in [4.78, 5) is 30.8. The van der Waals surface area contributed by atoms with Gasteiger partial charge in [0, 0.05) is 51.4 Å². The number of ketones is 1. The highest BCUT2D eigenvalue weighted by atomic mass is 19.1. The maximum atomic E-state index is 13.4. The molecule has 3 atom stereocenters. The quantitative estimate of drug-likeness (QED) is 0.0930. The van der Waals surface area contributed by atoms with Crippen LogP contribution in [0.3, 0.4) is 0 Å². The smallest absolute Gasteiger partial charge is 0.310 e. The zero-order chi connectivity index (χ0) is 30.5. The third kappa shape index (κ3) is 6.92. The molecule has 1 fully saturated rings. The molecule has 3 aliphatic heterocycles. The number of likely N-dealkylation sites (tertiary alicyclic amines) is 1. The number of para-hydroxylation sites is 1. The van der Waals surface area contributed by atoms with Gasteiger partial charge in [-0.05, 0) is 49.2 Å². The summed E-state index contributed by atoms with van der Waals surface area (Å²) < 4.78 is 20.1. The van der Waals surface area contributed by atoms with E-state index in [4.69, 9.17) is 4.74 Å². The lowest BCUT2D eigenvalue weighted by molar-refractivity contribution is -0.950. The Labute approximate surface area is 257 Å². The predicted molar refractivity (Wildman–Crippen MR) is 171 cm³/mol. The number of hydrogen-bond donors (Lipinski definition) is 0. The first kappa shape index (κ1) is 31.5. The van der Waals surface area contributed by atoms with Gasteiger partial charge in [-0.1, -0.05) is 57.6 Å². The Balaban J connectivity index is 1.26. The summed E-state index contributed by atoms with van der Waals surface area (Å²) in [5.41, 5.74) is 4.68. The summed E-state index contributed by atoms with van der Waals surface area (Å²) in [6, 6.07) is 12.6. The second-order valence-corrected chi connectivity index (χ2v) is 13.5. The SMILES string of the molecule is CCCCCCCCCC(=O)OC[N+]1(CCCC(=O)c2ccc(F)cc2)CCC2(C)[C@@H](C1)c1cccc3c1N2CCN3C. The van der Waals surface area contributed by atoms with E-state index in [1.807, 2.05) is 0 Å². The standard InChI is InChI=1S/C36H51FN3O3/c1-4-5-6-7-8-9-10-16-34(42)43-27-40(24-12-15-33(41)28-17-19-29(37)20-18-28)25-21-36(2)31(26-40)30-13-11-14-32-35(30)39(36)23-22-38(32)3/h11,13-14,17-20,31H,4-10,12,15-16,21-27H2,1-3H3/q+1/t31-,36?,40?/m0/s1. The van der Waals surface area contributed by atoms with Crippen molar-refractivity contribution in [2.45, 2.75) is 95.9 Å². The van der Waals surface area contributed by atoms with Crippen LogP contribution in [0.25, 0.3) is 0 Å². The molecule has 0 aromatic heterocycles. The van der Waals surface area contributed by atoms with Crippen molar-refractivity contribution in [3.8, 4) is 0 Å². The molecular formula is C36H51FN3O3+. The van der Waals surface area contributed by atoms with Crippen LogP contribution in [0.4, 0.5) is 15.8 Å². The highest BCUT2D eigenvalue weighted by Gasteiger charge is 2.57. The van der Waals surface area contributed by atoms with Crippen LogP contribution >= 0.6 is 0 Å². The van der Waals surface area contributed by atoms with Gasteiger partial charge < -0.3 is 14.5 Å². The largest absolute Gasteiger partial charge is 0.415 e. The van der Waals surface area contributed by atoms with Gasteiger partial charge in [-0.2, -0.15) is 0 Å². The second kappa shape index (κ2) is 13.8. The molecule has 0 N–H and O–H groups in total. The Morgan fingerprint density at radius 2 is 1.72 bits per heavy atom. The van der Waals surface area contributed by atoms with Gasteiger partial charge in [0.25, 0.3) is 0 Å². The minimum atomic E-state index is -0.333. The van der Waals surface area contributed by atoms with Crippen molar-refractivity contribution < 1.29 is 23.2 Å². The molecule has 0 spiro atoms. The summed E-state index contributed by atoms with van der Waals surface area (Å²) in [7, 11) is 2.18. The first-order valence-corrected chi connectivity index (χ1v) is 16.7. The van der Waals surface area contributed by atoms with E-state index in [2.05, 4.69) is 48.9 Å². The number of ether oxygens (including phenoxy) is 1. The van der Waals surface area contributed by atoms with Crippen molar-refractivity contribution in [1.82, 2.24) is 0 Å². The van der Waals surface area contributed by atoms with E-state index in [1.54, 1.807) is 12.1 Å². The van der Waals surface area contributed by atoms with Crippen molar-refractivity contribution in [2.75, 3.05) is 56.3 Å². The number of esters is 1. The number of piperidine rings is 1. The molecule has 6 nitrogen and oxygen atoms in total. The molecule has 0 bridgehead atoms. The minimum Gasteiger partial charge on any atom is -0.415 e. The van der Waals surface area contributed by atoms with E-state index >= 15 is 0 Å². The summed E-state index contributed by atoms with van der Waals surface area (Å²) in [6.45, 7) is 9.63. The fraction of sp³-hybridized carbons (Fsp3) is 0.611. The second-order valence-electron chi connectivity index (χ2n) is 13.5. The number of benzene rings is 2. The Morgan fingerprint density at radius 3 is 2.49 bits per heavy atom. The van der Waals surface area contributed by atoms with Crippen LogP contribution in [0, 0.1) is 5.82 Å². The lowest BCUT2D eigenvalue weighted by Gasteiger charge is -2.52. The van der Waals surface area contributed by atoms with Crippen molar-refractivity contribution in [3.63, 3.8) is 0 Å². The normalized spacial score (nSPS) is 24.0. The van der Waals surface area contributed by atoms with E-state index in [9.17, 15) is 14.0 Å². The topological polar surface area (TPSA) is 49.9 Å². The number of likely N-dealkylation sites (N-methyl/N-ethyl adjacent to an activating group) is 1. The Morgan fingerprint density at radius 1 is 0.977 bits per heavy atom. The van der Waals surface area contributed by atoms with Gasteiger partial charge in [0.2, 0.25) is 6.73 Å². The number of fused-ring (bicyclic) bond motifs is 3. The van der Waals surface area contributed by atoms with Gasteiger partial charge >= 0.3 is 5.97 Å². The number of nitrogens with zero attached hydrogens (tertiary/aromatic N) is 3. The molecule has 7 heteroatoms.